The third kappa shape index (κ3) is 2.59. The first-order chi connectivity index (χ1) is 9.78. The number of hydrogen-bond donors (Lipinski definition) is 0. The van der Waals surface area contributed by atoms with Crippen molar-refractivity contribution in [2.24, 2.45) is 0 Å². The fraction of sp³-hybridized carbons (Fsp3) is 0.176. The van der Waals surface area contributed by atoms with E-state index in [4.69, 9.17) is 4.74 Å². The Morgan fingerprint density at radius 3 is 2.75 bits per heavy atom. The summed E-state index contributed by atoms with van der Waals surface area (Å²) in [6, 6.07) is 16.7. The van der Waals surface area contributed by atoms with Crippen LogP contribution in [0.5, 0.6) is 5.75 Å². The van der Waals surface area contributed by atoms with Crippen LogP contribution in [0, 0.1) is 0 Å². The highest BCUT2D eigenvalue weighted by molar-refractivity contribution is 9.10. The van der Waals surface area contributed by atoms with Gasteiger partial charge in [0.05, 0.1) is 12.1 Å². The first-order valence-electron chi connectivity index (χ1n) is 6.73. The first kappa shape index (κ1) is 13.3. The van der Waals surface area contributed by atoms with E-state index >= 15 is 0 Å². The van der Waals surface area contributed by atoms with Crippen molar-refractivity contribution in [1.29, 1.82) is 0 Å². The molecule has 0 radical (unpaired) electrons. The average Bonchev–Trinajstić information content (AvgIpc) is 2.84. The van der Waals surface area contributed by atoms with Gasteiger partial charge in [0.1, 0.15) is 5.75 Å². The van der Waals surface area contributed by atoms with Crippen molar-refractivity contribution in [2.75, 3.05) is 6.61 Å². The van der Waals surface area contributed by atoms with Crippen LogP contribution in [0.1, 0.15) is 12.5 Å². The lowest BCUT2D eigenvalue weighted by Gasteiger charge is -2.08. The minimum Gasteiger partial charge on any atom is -0.493 e. The molecule has 0 saturated carbocycles. The Balaban J connectivity index is 1.98. The Kier molecular flexibility index (Phi) is 3.79. The molecular weight excluding hydrogens is 314 g/mol. The summed E-state index contributed by atoms with van der Waals surface area (Å²) < 4.78 is 9.04. The molecule has 0 saturated heterocycles. The number of aromatic nitrogens is 1. The lowest BCUT2D eigenvalue weighted by Crippen LogP contribution is -1.98. The maximum Gasteiger partial charge on any atom is 0.128 e. The summed E-state index contributed by atoms with van der Waals surface area (Å²) >= 11 is 3.52. The molecule has 3 heteroatoms. The number of benzene rings is 2. The van der Waals surface area contributed by atoms with E-state index in [1.54, 1.807) is 0 Å². The molecule has 0 atom stereocenters. The van der Waals surface area contributed by atoms with Crippen molar-refractivity contribution >= 4 is 26.8 Å². The molecule has 0 aliphatic carbocycles. The molecular formula is C17H16BrNO. The largest absolute Gasteiger partial charge is 0.493 e. The summed E-state index contributed by atoms with van der Waals surface area (Å²) in [6.45, 7) is 3.56. The minimum atomic E-state index is 0.690. The molecule has 0 N–H and O–H groups in total. The quantitative estimate of drug-likeness (QED) is 0.667. The molecule has 0 aliphatic rings. The summed E-state index contributed by atoms with van der Waals surface area (Å²) in [7, 11) is 0. The highest BCUT2D eigenvalue weighted by atomic mass is 79.9. The predicted octanol–water partition coefficient (Wildman–Crippen LogP) is 4.85. The van der Waals surface area contributed by atoms with Crippen LogP contribution >= 0.6 is 15.9 Å². The molecule has 3 aromatic rings. The van der Waals surface area contributed by atoms with Crippen molar-refractivity contribution < 1.29 is 4.74 Å². The summed E-state index contributed by atoms with van der Waals surface area (Å²) in [4.78, 5) is 0. The molecule has 0 unspecified atom stereocenters. The van der Waals surface area contributed by atoms with E-state index in [0.717, 1.165) is 16.8 Å². The molecule has 0 spiro atoms. The zero-order valence-electron chi connectivity index (χ0n) is 11.3. The summed E-state index contributed by atoms with van der Waals surface area (Å²) in [5, 5.41) is 1.17. The first-order valence-corrected chi connectivity index (χ1v) is 7.52. The fourth-order valence-corrected chi connectivity index (χ4v) is 2.89. The molecule has 2 aromatic carbocycles. The van der Waals surface area contributed by atoms with Crippen LogP contribution in [-0.2, 0) is 6.54 Å². The number of hydrogen-bond acceptors (Lipinski definition) is 1. The number of fused-ring (bicyclic) bond motifs is 1. The molecule has 1 aromatic heterocycles. The molecule has 2 nitrogen and oxygen atoms in total. The molecule has 0 amide bonds. The normalized spacial score (nSPS) is 10.9. The molecule has 0 aliphatic heterocycles. The Morgan fingerprint density at radius 1 is 1.10 bits per heavy atom. The third-order valence-electron chi connectivity index (χ3n) is 3.32. The molecule has 1 heterocycles. The number of ether oxygens (including phenoxy) is 1. The lowest BCUT2D eigenvalue weighted by atomic mass is 10.2. The summed E-state index contributed by atoms with van der Waals surface area (Å²) in [5.41, 5.74) is 2.48. The summed E-state index contributed by atoms with van der Waals surface area (Å²) in [6.07, 6.45) is 2.12. The molecule has 0 fully saturated rings. The zero-order valence-corrected chi connectivity index (χ0v) is 12.9. The standard InChI is InChI=1S/C17H16BrNO/c1-2-20-17-8-4-7-16-15(17)9-10-19(16)12-13-5-3-6-14(18)11-13/h3-11H,2,12H2,1H3. The number of nitrogens with zero attached hydrogens (tertiary/aromatic N) is 1. The second kappa shape index (κ2) is 5.71. The SMILES string of the molecule is CCOc1cccc2c1ccn2Cc1cccc(Br)c1. The summed E-state index contributed by atoms with van der Waals surface area (Å²) in [5.74, 6) is 0.956. The van der Waals surface area contributed by atoms with E-state index in [-0.39, 0.29) is 0 Å². The second-order valence-corrected chi connectivity index (χ2v) is 5.61. The van der Waals surface area contributed by atoms with Gasteiger partial charge in [0.15, 0.2) is 0 Å². The maximum atomic E-state index is 5.68. The minimum absolute atomic E-state index is 0.690. The van der Waals surface area contributed by atoms with Crippen LogP contribution < -0.4 is 4.74 Å². The Bertz CT molecular complexity index is 733. The van der Waals surface area contributed by atoms with Crippen molar-refractivity contribution in [3.05, 3.63) is 64.8 Å². The van der Waals surface area contributed by atoms with E-state index in [1.807, 2.05) is 25.1 Å². The second-order valence-electron chi connectivity index (χ2n) is 4.70. The van der Waals surface area contributed by atoms with E-state index < -0.39 is 0 Å². The number of rotatable bonds is 4. The molecule has 20 heavy (non-hydrogen) atoms. The van der Waals surface area contributed by atoms with Gasteiger partial charge in [-0.2, -0.15) is 0 Å². The van der Waals surface area contributed by atoms with E-state index in [9.17, 15) is 0 Å². The van der Waals surface area contributed by atoms with Crippen molar-refractivity contribution in [3.8, 4) is 5.75 Å². The van der Waals surface area contributed by atoms with Gasteiger partial charge < -0.3 is 9.30 Å². The predicted molar refractivity (Wildman–Crippen MR) is 86.4 cm³/mol. The van der Waals surface area contributed by atoms with Gasteiger partial charge in [0.2, 0.25) is 0 Å². The number of halogens is 1. The van der Waals surface area contributed by atoms with Crippen molar-refractivity contribution in [1.82, 2.24) is 4.57 Å². The van der Waals surface area contributed by atoms with Gasteiger partial charge in [-0.05, 0) is 42.8 Å². The van der Waals surface area contributed by atoms with Gasteiger partial charge in [0.25, 0.3) is 0 Å². The van der Waals surface area contributed by atoms with Gasteiger partial charge in [0, 0.05) is 22.6 Å². The maximum absolute atomic E-state index is 5.68. The average molecular weight is 330 g/mol. The Hall–Kier alpha value is -1.74. The van der Waals surface area contributed by atoms with Crippen molar-refractivity contribution in [2.45, 2.75) is 13.5 Å². The van der Waals surface area contributed by atoms with Crippen molar-refractivity contribution in [3.63, 3.8) is 0 Å². The monoisotopic (exact) mass is 329 g/mol. The van der Waals surface area contributed by atoms with Crippen LogP contribution in [-0.4, -0.2) is 11.2 Å². The van der Waals surface area contributed by atoms with Gasteiger partial charge in [-0.15, -0.1) is 0 Å². The van der Waals surface area contributed by atoms with Gasteiger partial charge >= 0.3 is 0 Å². The van der Waals surface area contributed by atoms with Gasteiger partial charge in [-0.1, -0.05) is 34.1 Å². The third-order valence-corrected chi connectivity index (χ3v) is 3.81. The van der Waals surface area contributed by atoms with Crippen LogP contribution in [0.4, 0.5) is 0 Å². The lowest BCUT2D eigenvalue weighted by molar-refractivity contribution is 0.344. The van der Waals surface area contributed by atoms with Crippen LogP contribution in [0.25, 0.3) is 10.9 Å². The molecule has 102 valence electrons. The topological polar surface area (TPSA) is 14.2 Å². The fourth-order valence-electron chi connectivity index (χ4n) is 2.45. The molecule has 3 rings (SSSR count). The smallest absolute Gasteiger partial charge is 0.128 e. The van der Waals surface area contributed by atoms with Crippen LogP contribution in [0.15, 0.2) is 59.2 Å². The van der Waals surface area contributed by atoms with Crippen LogP contribution in [0.2, 0.25) is 0 Å². The van der Waals surface area contributed by atoms with E-state index in [2.05, 4.69) is 57.0 Å². The highest BCUT2D eigenvalue weighted by Crippen LogP contribution is 2.27. The highest BCUT2D eigenvalue weighted by Gasteiger charge is 2.06. The Morgan fingerprint density at radius 2 is 1.95 bits per heavy atom. The molecule has 0 bridgehead atoms. The Labute approximate surface area is 127 Å². The van der Waals surface area contributed by atoms with E-state index in [0.29, 0.717) is 6.61 Å². The van der Waals surface area contributed by atoms with Gasteiger partial charge in [-0.25, -0.2) is 0 Å². The van der Waals surface area contributed by atoms with Crippen LogP contribution in [0.3, 0.4) is 0 Å². The van der Waals surface area contributed by atoms with Gasteiger partial charge in [-0.3, -0.25) is 0 Å². The van der Waals surface area contributed by atoms with E-state index in [1.165, 1.54) is 16.5 Å². The zero-order chi connectivity index (χ0) is 13.9.